The molecule has 3 N–H and O–H groups in total. The Balaban J connectivity index is 1.32. The summed E-state index contributed by atoms with van der Waals surface area (Å²) < 4.78 is 20.0. The standard InChI is InChI=1S/C34H38N4O6S/c1-22-29(21-45-34-35-16-17-38(34)2)43-32(44-30(22)25-14-12-24(20-39)13-15-25)26-10-7-11-27(19-26)36-33(41)37-28(31(40)42-3)18-23-8-5-4-6-9-23/h4-17,19,22,28-30,32,39H,18,20-21H2,1-3H3,(H2,36,37,41)/t22-,28-,29+,30+,32+/m0/s1. The summed E-state index contributed by atoms with van der Waals surface area (Å²) in [4.78, 5) is 29.9. The van der Waals surface area contributed by atoms with Gasteiger partial charge >= 0.3 is 12.0 Å². The number of aliphatic hydroxyl groups is 1. The Morgan fingerprint density at radius 1 is 1.02 bits per heavy atom. The Morgan fingerprint density at radius 3 is 2.49 bits per heavy atom. The third-order valence-electron chi connectivity index (χ3n) is 7.77. The van der Waals surface area contributed by atoms with Gasteiger partial charge in [0.2, 0.25) is 0 Å². The fourth-order valence-corrected chi connectivity index (χ4v) is 6.33. The van der Waals surface area contributed by atoms with Gasteiger partial charge in [0.25, 0.3) is 0 Å². The van der Waals surface area contributed by atoms with E-state index in [1.807, 2.05) is 84.5 Å². The van der Waals surface area contributed by atoms with Gasteiger partial charge in [-0.2, -0.15) is 0 Å². The van der Waals surface area contributed by atoms with Gasteiger partial charge in [-0.15, -0.1) is 0 Å². The van der Waals surface area contributed by atoms with Crippen molar-refractivity contribution in [3.05, 3.63) is 114 Å². The van der Waals surface area contributed by atoms with Crippen LogP contribution in [0.3, 0.4) is 0 Å². The number of urea groups is 1. The number of hydrogen-bond donors (Lipinski definition) is 3. The first-order valence-electron chi connectivity index (χ1n) is 14.7. The van der Waals surface area contributed by atoms with Gasteiger partial charge in [0.05, 0.1) is 25.9 Å². The molecule has 10 nitrogen and oxygen atoms in total. The van der Waals surface area contributed by atoms with Crippen molar-refractivity contribution in [2.24, 2.45) is 13.0 Å². The van der Waals surface area contributed by atoms with Crippen LogP contribution in [-0.2, 0) is 39.1 Å². The van der Waals surface area contributed by atoms with Crippen LogP contribution in [0.15, 0.2) is 96.4 Å². The molecule has 236 valence electrons. The van der Waals surface area contributed by atoms with Crippen LogP contribution in [0.25, 0.3) is 0 Å². The number of benzene rings is 3. The van der Waals surface area contributed by atoms with Crippen molar-refractivity contribution in [3.8, 4) is 0 Å². The van der Waals surface area contributed by atoms with Gasteiger partial charge in [-0.25, -0.2) is 14.6 Å². The molecule has 2 amide bonds. The molecule has 1 saturated heterocycles. The van der Waals surface area contributed by atoms with E-state index in [0.717, 1.165) is 27.4 Å². The number of aromatic nitrogens is 2. The first-order valence-corrected chi connectivity index (χ1v) is 15.7. The van der Waals surface area contributed by atoms with Crippen molar-refractivity contribution in [1.82, 2.24) is 14.9 Å². The lowest BCUT2D eigenvalue weighted by Gasteiger charge is -2.41. The summed E-state index contributed by atoms with van der Waals surface area (Å²) in [6, 6.07) is 23.1. The van der Waals surface area contributed by atoms with Crippen molar-refractivity contribution in [3.63, 3.8) is 0 Å². The number of aryl methyl sites for hydroxylation is 1. The second kappa shape index (κ2) is 15.2. The number of thioether (sulfide) groups is 1. The second-order valence-corrected chi connectivity index (χ2v) is 11.9. The fraction of sp³-hybridized carbons (Fsp3) is 0.324. The predicted octanol–water partition coefficient (Wildman–Crippen LogP) is 5.40. The summed E-state index contributed by atoms with van der Waals surface area (Å²) in [5, 5.41) is 16.0. The predicted molar refractivity (Wildman–Crippen MR) is 171 cm³/mol. The molecule has 2 heterocycles. The first kappa shape index (κ1) is 32.2. The normalized spacial score (nSPS) is 20.3. The van der Waals surface area contributed by atoms with Crippen molar-refractivity contribution in [2.75, 3.05) is 18.2 Å². The number of aliphatic hydroxyl groups excluding tert-OH is 1. The summed E-state index contributed by atoms with van der Waals surface area (Å²) >= 11 is 1.62. The average molecular weight is 631 g/mol. The van der Waals surface area contributed by atoms with Crippen LogP contribution in [0.4, 0.5) is 10.5 Å². The lowest BCUT2D eigenvalue weighted by atomic mass is 9.91. The molecule has 5 rings (SSSR count). The molecule has 0 unspecified atom stereocenters. The number of amides is 2. The number of ether oxygens (including phenoxy) is 3. The zero-order chi connectivity index (χ0) is 31.8. The van der Waals surface area contributed by atoms with E-state index in [9.17, 15) is 14.7 Å². The average Bonchev–Trinajstić information content (AvgIpc) is 3.48. The number of anilines is 1. The SMILES string of the molecule is COC(=O)[C@H](Cc1ccccc1)NC(=O)Nc1cccc([C@@H]2O[C@H](CSc3nccn3C)[C@H](C)[C@H](c3ccc(CO)cc3)O2)c1. The molecule has 0 aliphatic carbocycles. The van der Waals surface area contributed by atoms with Gasteiger partial charge in [-0.05, 0) is 28.8 Å². The van der Waals surface area contributed by atoms with Gasteiger partial charge in [0.1, 0.15) is 6.04 Å². The molecule has 0 radical (unpaired) electrons. The Morgan fingerprint density at radius 2 is 1.80 bits per heavy atom. The molecule has 0 bridgehead atoms. The lowest BCUT2D eigenvalue weighted by Crippen LogP contribution is -2.45. The number of rotatable bonds is 11. The fourth-order valence-electron chi connectivity index (χ4n) is 5.23. The third kappa shape index (κ3) is 8.31. The van der Waals surface area contributed by atoms with Crippen LogP contribution in [0.1, 0.15) is 41.6 Å². The van der Waals surface area contributed by atoms with E-state index in [1.54, 1.807) is 30.1 Å². The highest BCUT2D eigenvalue weighted by atomic mass is 32.2. The van der Waals surface area contributed by atoms with E-state index in [2.05, 4.69) is 22.5 Å². The molecule has 1 aliphatic rings. The highest BCUT2D eigenvalue weighted by molar-refractivity contribution is 7.99. The number of esters is 1. The summed E-state index contributed by atoms with van der Waals surface area (Å²) in [6.07, 6.45) is 2.82. The Hall–Kier alpha value is -4.16. The maximum absolute atomic E-state index is 13.0. The number of methoxy groups -OCH3 is 1. The van der Waals surface area contributed by atoms with E-state index >= 15 is 0 Å². The van der Waals surface area contributed by atoms with Gasteiger partial charge in [-0.3, -0.25) is 0 Å². The van der Waals surface area contributed by atoms with Crippen molar-refractivity contribution < 1.29 is 28.9 Å². The zero-order valence-corrected chi connectivity index (χ0v) is 26.3. The monoisotopic (exact) mass is 630 g/mol. The molecule has 0 spiro atoms. The number of carbonyl (C=O) groups excluding carboxylic acids is 2. The molecular weight excluding hydrogens is 592 g/mol. The number of carbonyl (C=O) groups is 2. The minimum absolute atomic E-state index is 0.0148. The molecule has 1 aliphatic heterocycles. The van der Waals surface area contributed by atoms with Crippen molar-refractivity contribution >= 4 is 29.4 Å². The highest BCUT2D eigenvalue weighted by Gasteiger charge is 2.38. The number of imidazole rings is 1. The first-order chi connectivity index (χ1) is 21.8. The van der Waals surface area contributed by atoms with Gasteiger partial charge in [0.15, 0.2) is 11.4 Å². The van der Waals surface area contributed by atoms with Crippen molar-refractivity contribution in [1.29, 1.82) is 0 Å². The summed E-state index contributed by atoms with van der Waals surface area (Å²) in [7, 11) is 3.26. The number of nitrogens with zero attached hydrogens (tertiary/aromatic N) is 2. The van der Waals surface area contributed by atoms with Crippen LogP contribution in [0, 0.1) is 5.92 Å². The van der Waals surface area contributed by atoms with Crippen LogP contribution in [0.5, 0.6) is 0 Å². The van der Waals surface area contributed by atoms with E-state index in [1.165, 1.54) is 7.11 Å². The van der Waals surface area contributed by atoms with Crippen LogP contribution in [0.2, 0.25) is 0 Å². The largest absolute Gasteiger partial charge is 0.467 e. The highest BCUT2D eigenvalue weighted by Crippen LogP contribution is 2.43. The smallest absolute Gasteiger partial charge is 0.328 e. The van der Waals surface area contributed by atoms with E-state index in [0.29, 0.717) is 17.9 Å². The molecule has 45 heavy (non-hydrogen) atoms. The topological polar surface area (TPSA) is 124 Å². The Labute approximate surface area is 267 Å². The zero-order valence-electron chi connectivity index (χ0n) is 25.5. The Kier molecular flexibility index (Phi) is 10.9. The van der Waals surface area contributed by atoms with E-state index in [-0.39, 0.29) is 24.7 Å². The third-order valence-corrected chi connectivity index (χ3v) is 8.91. The molecule has 1 fully saturated rings. The maximum Gasteiger partial charge on any atom is 0.328 e. The van der Waals surface area contributed by atoms with E-state index in [4.69, 9.17) is 14.2 Å². The summed E-state index contributed by atoms with van der Waals surface area (Å²) in [5.74, 6) is 0.141. The summed E-state index contributed by atoms with van der Waals surface area (Å²) in [6.45, 7) is 2.08. The van der Waals surface area contributed by atoms with Gasteiger partial charge < -0.3 is 34.5 Å². The lowest BCUT2D eigenvalue weighted by molar-refractivity contribution is -0.268. The molecular formula is C34H38N4O6S. The maximum atomic E-state index is 13.0. The molecule has 1 aromatic heterocycles. The van der Waals surface area contributed by atoms with Gasteiger partial charge in [0, 0.05) is 48.8 Å². The molecule has 4 aromatic rings. The van der Waals surface area contributed by atoms with Gasteiger partial charge in [-0.1, -0.05) is 85.4 Å². The second-order valence-electron chi connectivity index (χ2n) is 10.9. The Bertz CT molecular complexity index is 1560. The van der Waals surface area contributed by atoms with Crippen LogP contribution >= 0.6 is 11.8 Å². The van der Waals surface area contributed by atoms with E-state index < -0.39 is 24.3 Å². The summed E-state index contributed by atoms with van der Waals surface area (Å²) in [5.41, 5.74) is 3.96. The number of hydrogen-bond acceptors (Lipinski definition) is 8. The van der Waals surface area contributed by atoms with Crippen LogP contribution in [-0.4, -0.2) is 51.7 Å². The van der Waals surface area contributed by atoms with Crippen LogP contribution < -0.4 is 10.6 Å². The van der Waals surface area contributed by atoms with Crippen molar-refractivity contribution in [2.45, 2.75) is 49.6 Å². The molecule has 0 saturated carbocycles. The molecule has 3 aromatic carbocycles. The molecule has 5 atom stereocenters. The number of nitrogens with one attached hydrogen (secondary N) is 2. The quantitative estimate of drug-likeness (QED) is 0.149. The minimum atomic E-state index is -0.859. The molecule has 11 heteroatoms. The minimum Gasteiger partial charge on any atom is -0.467 e.